The number of hydrogen-bond donors (Lipinski definition) is 3. The van der Waals surface area contributed by atoms with E-state index in [1.807, 2.05) is 13.8 Å². The first-order chi connectivity index (χ1) is 15.7. The van der Waals surface area contributed by atoms with Crippen molar-refractivity contribution in [1.82, 2.24) is 15.5 Å². The highest BCUT2D eigenvalue weighted by Crippen LogP contribution is 2.19. The van der Waals surface area contributed by atoms with Crippen LogP contribution in [-0.4, -0.2) is 60.0 Å². The molecule has 2 atom stereocenters. The minimum Gasteiger partial charge on any atom is -0.508 e. The number of fused-ring (bicyclic) bond motifs is 1. The van der Waals surface area contributed by atoms with Crippen LogP contribution in [0.1, 0.15) is 36.2 Å². The van der Waals surface area contributed by atoms with Crippen LogP contribution < -0.4 is 15.4 Å². The predicted molar refractivity (Wildman–Crippen MR) is 124 cm³/mol. The molecule has 8 heteroatoms. The van der Waals surface area contributed by atoms with E-state index in [2.05, 4.69) is 10.6 Å². The summed E-state index contributed by atoms with van der Waals surface area (Å²) in [6.45, 7) is 4.49. The first kappa shape index (κ1) is 24.1. The van der Waals surface area contributed by atoms with Crippen molar-refractivity contribution in [2.24, 2.45) is 5.92 Å². The standard InChI is InChI=1S/C25H31N3O5/c1-16(2)14-21-25(32)28(3)12-13-33-22-7-5-4-6-19(22)23(30)26-20(24(31)27-21)15-17-8-10-18(29)11-9-17/h4-11,16,20-21,29H,12-15H2,1-3H3,(H,26,30)(H,27,31)/t20-,21+/m0/s1. The number of carbonyl (C=O) groups excluding carboxylic acids is 3. The quantitative estimate of drug-likeness (QED) is 0.657. The van der Waals surface area contributed by atoms with Gasteiger partial charge in [-0.1, -0.05) is 38.1 Å². The molecular weight excluding hydrogens is 422 g/mol. The molecule has 0 saturated heterocycles. The van der Waals surface area contributed by atoms with Crippen LogP contribution in [-0.2, 0) is 16.0 Å². The van der Waals surface area contributed by atoms with Crippen molar-refractivity contribution in [2.75, 3.05) is 20.2 Å². The first-order valence-corrected chi connectivity index (χ1v) is 11.1. The van der Waals surface area contributed by atoms with E-state index in [1.165, 1.54) is 17.0 Å². The van der Waals surface area contributed by atoms with E-state index in [1.54, 1.807) is 43.4 Å². The van der Waals surface area contributed by atoms with Gasteiger partial charge in [0.25, 0.3) is 5.91 Å². The Morgan fingerprint density at radius 2 is 1.73 bits per heavy atom. The van der Waals surface area contributed by atoms with Crippen LogP contribution in [0.15, 0.2) is 48.5 Å². The molecule has 1 aliphatic rings. The smallest absolute Gasteiger partial charge is 0.255 e. The number of nitrogens with one attached hydrogen (secondary N) is 2. The van der Waals surface area contributed by atoms with Gasteiger partial charge < -0.3 is 25.4 Å². The number of nitrogens with zero attached hydrogens (tertiary/aromatic N) is 1. The number of phenols is 1. The normalized spacial score (nSPS) is 20.0. The minimum absolute atomic E-state index is 0.110. The van der Waals surface area contributed by atoms with Crippen molar-refractivity contribution in [3.63, 3.8) is 0 Å². The zero-order chi connectivity index (χ0) is 24.0. The Bertz CT molecular complexity index is 990. The lowest BCUT2D eigenvalue weighted by molar-refractivity contribution is -0.136. The summed E-state index contributed by atoms with van der Waals surface area (Å²) in [6.07, 6.45) is 0.662. The van der Waals surface area contributed by atoms with Gasteiger partial charge in [0.15, 0.2) is 0 Å². The van der Waals surface area contributed by atoms with Gasteiger partial charge in [0.2, 0.25) is 11.8 Å². The Hall–Kier alpha value is -3.55. The van der Waals surface area contributed by atoms with Gasteiger partial charge in [-0.05, 0) is 42.2 Å². The summed E-state index contributed by atoms with van der Waals surface area (Å²) in [5, 5.41) is 15.2. The second kappa shape index (κ2) is 10.8. The SMILES string of the molecule is CC(C)C[C@H]1NC(=O)[C@H](Cc2ccc(O)cc2)NC(=O)c2ccccc2OCCN(C)C1=O. The Labute approximate surface area is 193 Å². The third kappa shape index (κ3) is 6.47. The molecule has 1 heterocycles. The fourth-order valence-corrected chi connectivity index (χ4v) is 3.73. The highest BCUT2D eigenvalue weighted by atomic mass is 16.5. The third-order valence-corrected chi connectivity index (χ3v) is 5.51. The molecule has 0 fully saturated rings. The Morgan fingerprint density at radius 1 is 1.03 bits per heavy atom. The number of hydrogen-bond acceptors (Lipinski definition) is 5. The largest absolute Gasteiger partial charge is 0.508 e. The molecular formula is C25H31N3O5. The molecule has 8 nitrogen and oxygen atoms in total. The zero-order valence-corrected chi connectivity index (χ0v) is 19.2. The molecule has 0 saturated carbocycles. The van der Waals surface area contributed by atoms with E-state index in [-0.39, 0.29) is 30.6 Å². The lowest BCUT2D eigenvalue weighted by Crippen LogP contribution is -2.55. The number of rotatable bonds is 4. The fourth-order valence-electron chi connectivity index (χ4n) is 3.73. The number of carbonyl (C=O) groups is 3. The first-order valence-electron chi connectivity index (χ1n) is 11.1. The van der Waals surface area contributed by atoms with E-state index in [4.69, 9.17) is 4.74 Å². The summed E-state index contributed by atoms with van der Waals surface area (Å²) in [5.74, 6) is -0.418. The molecule has 3 N–H and O–H groups in total. The van der Waals surface area contributed by atoms with Gasteiger partial charge in [-0.25, -0.2) is 0 Å². The summed E-state index contributed by atoms with van der Waals surface area (Å²) in [4.78, 5) is 41.0. The van der Waals surface area contributed by atoms with Crippen molar-refractivity contribution in [3.8, 4) is 11.5 Å². The summed E-state index contributed by atoms with van der Waals surface area (Å²) >= 11 is 0. The van der Waals surface area contributed by atoms with E-state index in [0.717, 1.165) is 5.56 Å². The highest BCUT2D eigenvalue weighted by Gasteiger charge is 2.30. The summed E-state index contributed by atoms with van der Waals surface area (Å²) in [5.41, 5.74) is 1.07. The molecule has 0 radical (unpaired) electrons. The summed E-state index contributed by atoms with van der Waals surface area (Å²) < 4.78 is 5.81. The van der Waals surface area contributed by atoms with Crippen LogP contribution >= 0.6 is 0 Å². The molecule has 0 aromatic heterocycles. The van der Waals surface area contributed by atoms with Crippen LogP contribution in [0.5, 0.6) is 11.5 Å². The second-order valence-electron chi connectivity index (χ2n) is 8.69. The molecule has 2 aromatic carbocycles. The Morgan fingerprint density at radius 3 is 2.42 bits per heavy atom. The fraction of sp³-hybridized carbons (Fsp3) is 0.400. The molecule has 176 valence electrons. The zero-order valence-electron chi connectivity index (χ0n) is 19.2. The monoisotopic (exact) mass is 453 g/mol. The highest BCUT2D eigenvalue weighted by molar-refractivity contribution is 6.00. The van der Waals surface area contributed by atoms with E-state index in [0.29, 0.717) is 24.3 Å². The predicted octanol–water partition coefficient (Wildman–Crippen LogP) is 2.11. The van der Waals surface area contributed by atoms with E-state index >= 15 is 0 Å². The van der Waals surface area contributed by atoms with Crippen molar-refractivity contribution in [2.45, 2.75) is 38.8 Å². The molecule has 33 heavy (non-hydrogen) atoms. The van der Waals surface area contributed by atoms with E-state index in [9.17, 15) is 19.5 Å². The van der Waals surface area contributed by atoms with Gasteiger partial charge in [0.05, 0.1) is 12.1 Å². The van der Waals surface area contributed by atoms with Gasteiger partial charge >= 0.3 is 0 Å². The molecule has 0 unspecified atom stereocenters. The number of amides is 3. The molecule has 0 aliphatic carbocycles. The average molecular weight is 454 g/mol. The van der Waals surface area contributed by atoms with E-state index < -0.39 is 23.9 Å². The van der Waals surface area contributed by atoms with Gasteiger partial charge in [0, 0.05) is 13.5 Å². The van der Waals surface area contributed by atoms with Crippen molar-refractivity contribution < 1.29 is 24.2 Å². The maximum absolute atomic E-state index is 13.3. The summed E-state index contributed by atoms with van der Waals surface area (Å²) in [7, 11) is 1.67. The third-order valence-electron chi connectivity index (χ3n) is 5.51. The van der Waals surface area contributed by atoms with Crippen LogP contribution in [0.2, 0.25) is 0 Å². The molecule has 0 bridgehead atoms. The van der Waals surface area contributed by atoms with Gasteiger partial charge in [0.1, 0.15) is 30.2 Å². The molecule has 3 amide bonds. The summed E-state index contributed by atoms with van der Waals surface area (Å²) in [6, 6.07) is 11.6. The number of phenolic OH excluding ortho intramolecular Hbond substituents is 1. The van der Waals surface area contributed by atoms with Crippen LogP contribution in [0.3, 0.4) is 0 Å². The van der Waals surface area contributed by atoms with Gasteiger partial charge in [-0.3, -0.25) is 14.4 Å². The lowest BCUT2D eigenvalue weighted by atomic mass is 10.0. The lowest BCUT2D eigenvalue weighted by Gasteiger charge is -2.27. The Balaban J connectivity index is 1.95. The van der Waals surface area contributed by atoms with Crippen LogP contribution in [0.4, 0.5) is 0 Å². The maximum Gasteiger partial charge on any atom is 0.255 e. The number of ether oxygens (including phenoxy) is 1. The van der Waals surface area contributed by atoms with Gasteiger partial charge in [-0.2, -0.15) is 0 Å². The topological polar surface area (TPSA) is 108 Å². The number of likely N-dealkylation sites (N-methyl/N-ethyl adjacent to an activating group) is 1. The minimum atomic E-state index is -0.927. The molecule has 0 spiro atoms. The van der Waals surface area contributed by atoms with Crippen LogP contribution in [0.25, 0.3) is 0 Å². The number of aromatic hydroxyl groups is 1. The number of benzene rings is 2. The molecule has 1 aliphatic heterocycles. The van der Waals surface area contributed by atoms with Crippen molar-refractivity contribution in [1.29, 1.82) is 0 Å². The van der Waals surface area contributed by atoms with Crippen LogP contribution in [0, 0.1) is 5.92 Å². The maximum atomic E-state index is 13.3. The Kier molecular flexibility index (Phi) is 7.92. The molecule has 2 aromatic rings. The van der Waals surface area contributed by atoms with Gasteiger partial charge in [-0.15, -0.1) is 0 Å². The van der Waals surface area contributed by atoms with Crippen molar-refractivity contribution >= 4 is 17.7 Å². The molecule has 3 rings (SSSR count). The second-order valence-corrected chi connectivity index (χ2v) is 8.69. The average Bonchev–Trinajstić information content (AvgIpc) is 2.78. The van der Waals surface area contributed by atoms with Crippen molar-refractivity contribution in [3.05, 3.63) is 59.7 Å². The number of para-hydroxylation sites is 1.